The summed E-state index contributed by atoms with van der Waals surface area (Å²) in [6.07, 6.45) is 0. The summed E-state index contributed by atoms with van der Waals surface area (Å²) in [7, 11) is -1.21. The van der Waals surface area contributed by atoms with Crippen molar-refractivity contribution in [3.05, 3.63) is 72.3 Å². The lowest BCUT2D eigenvalue weighted by Crippen LogP contribution is -2.22. The van der Waals surface area contributed by atoms with Gasteiger partial charge in [0.05, 0.1) is 12.2 Å². The van der Waals surface area contributed by atoms with E-state index in [0.29, 0.717) is 29.0 Å². The maximum absolute atomic E-state index is 13.0. The van der Waals surface area contributed by atoms with Crippen molar-refractivity contribution in [2.45, 2.75) is 32.6 Å². The van der Waals surface area contributed by atoms with Crippen LogP contribution in [0.1, 0.15) is 17.3 Å². The highest BCUT2D eigenvalue weighted by Gasteiger charge is 2.24. The van der Waals surface area contributed by atoms with Crippen LogP contribution in [-0.4, -0.2) is 39.2 Å². The summed E-state index contributed by atoms with van der Waals surface area (Å²) >= 11 is 0. The van der Waals surface area contributed by atoms with Crippen molar-refractivity contribution in [2.24, 2.45) is 0 Å². The Balaban J connectivity index is 1.85. The van der Waals surface area contributed by atoms with E-state index in [-0.39, 0.29) is 19.1 Å². The van der Waals surface area contributed by atoms with E-state index in [4.69, 9.17) is 14.2 Å². The third-order valence-corrected chi connectivity index (χ3v) is 7.66. The summed E-state index contributed by atoms with van der Waals surface area (Å²) in [6.45, 7) is 9.58. The van der Waals surface area contributed by atoms with Gasteiger partial charge in [0, 0.05) is 25.8 Å². The molecule has 0 spiro atoms. The maximum Gasteiger partial charge on any atom is 0.338 e. The van der Waals surface area contributed by atoms with E-state index in [2.05, 4.69) is 19.6 Å². The molecule has 182 valence electrons. The Labute approximate surface area is 207 Å². The molecule has 4 rings (SSSR count). The van der Waals surface area contributed by atoms with E-state index in [1.807, 2.05) is 60.7 Å². The van der Waals surface area contributed by atoms with Crippen molar-refractivity contribution in [1.29, 1.82) is 0 Å². The van der Waals surface area contributed by atoms with Crippen LogP contribution < -0.4 is 4.74 Å². The summed E-state index contributed by atoms with van der Waals surface area (Å²) in [4.78, 5) is 13.0. The first-order chi connectivity index (χ1) is 16.8. The van der Waals surface area contributed by atoms with Gasteiger partial charge in [0.15, 0.2) is 18.3 Å². The Bertz CT molecular complexity index is 1360. The maximum atomic E-state index is 13.0. The second kappa shape index (κ2) is 10.5. The molecular formula is C29H32O5Si. The number of ether oxygens (including phenoxy) is 3. The third-order valence-electron chi connectivity index (χ3n) is 5.96. The second-order valence-electron chi connectivity index (χ2n) is 9.73. The number of phenols is 1. The summed E-state index contributed by atoms with van der Waals surface area (Å²) in [5.41, 5.74) is 1.56. The van der Waals surface area contributed by atoms with Crippen molar-refractivity contribution < 1.29 is 24.1 Å². The van der Waals surface area contributed by atoms with Crippen molar-refractivity contribution in [3.63, 3.8) is 0 Å². The molecule has 0 amide bonds. The van der Waals surface area contributed by atoms with Crippen LogP contribution in [0, 0.1) is 0 Å². The number of phenolic OH excluding ortho intramolecular Hbond substituents is 1. The molecule has 1 N–H and O–H groups in total. The molecule has 4 aromatic rings. The van der Waals surface area contributed by atoms with E-state index in [0.717, 1.165) is 27.6 Å². The van der Waals surface area contributed by atoms with Gasteiger partial charge in [0.1, 0.15) is 0 Å². The van der Waals surface area contributed by atoms with Gasteiger partial charge in [-0.2, -0.15) is 0 Å². The van der Waals surface area contributed by atoms with Gasteiger partial charge in [-0.3, -0.25) is 0 Å². The highest BCUT2D eigenvalue weighted by Crippen LogP contribution is 2.46. The molecule has 0 aliphatic carbocycles. The fraction of sp³-hybridized carbons (Fsp3) is 0.276. The fourth-order valence-corrected chi connectivity index (χ4v) is 4.89. The number of carbonyl (C=O) groups is 1. The highest BCUT2D eigenvalue weighted by atomic mass is 28.3. The zero-order valence-corrected chi connectivity index (χ0v) is 21.8. The predicted molar refractivity (Wildman–Crippen MR) is 144 cm³/mol. The third kappa shape index (κ3) is 5.50. The van der Waals surface area contributed by atoms with Crippen molar-refractivity contribution >= 4 is 35.6 Å². The molecule has 0 radical (unpaired) electrons. The molecular weight excluding hydrogens is 456 g/mol. The zero-order chi connectivity index (χ0) is 25.0. The first-order valence-electron chi connectivity index (χ1n) is 11.9. The number of aromatic hydroxyl groups is 1. The SMILES string of the molecule is CCOC(=O)c1ccc2ccccc2c1-c1c(O)c(OCOCC[Si](C)(C)C)cc2ccccc12. The summed E-state index contributed by atoms with van der Waals surface area (Å²) < 4.78 is 17.0. The standard InChI is InChI=1S/C29H32O5Si/c1-5-33-29(31)24-15-14-20-10-6-8-12-22(20)26(24)27-23-13-9-7-11-21(23)18-25(28(27)30)34-19-32-16-17-35(2,3)4/h6-15,18,30H,5,16-17,19H2,1-4H3. The largest absolute Gasteiger partial charge is 0.504 e. The molecule has 0 heterocycles. The molecule has 6 heteroatoms. The average molecular weight is 489 g/mol. The number of carbonyl (C=O) groups excluding carboxylic acids is 1. The lowest BCUT2D eigenvalue weighted by atomic mass is 9.89. The highest BCUT2D eigenvalue weighted by molar-refractivity contribution is 6.76. The summed E-state index contributed by atoms with van der Waals surface area (Å²) in [6, 6.07) is 22.1. The molecule has 0 saturated heterocycles. The van der Waals surface area contributed by atoms with E-state index in [1.54, 1.807) is 13.0 Å². The van der Waals surface area contributed by atoms with Crippen LogP contribution in [-0.2, 0) is 9.47 Å². The van der Waals surface area contributed by atoms with Gasteiger partial charge in [-0.05, 0) is 46.6 Å². The van der Waals surface area contributed by atoms with E-state index >= 15 is 0 Å². The topological polar surface area (TPSA) is 65.0 Å². The normalized spacial score (nSPS) is 11.7. The summed E-state index contributed by atoms with van der Waals surface area (Å²) in [5.74, 6) is -0.147. The molecule has 0 aliphatic rings. The Morgan fingerprint density at radius 1 is 0.886 bits per heavy atom. The number of hydrogen-bond donors (Lipinski definition) is 1. The van der Waals surface area contributed by atoms with Crippen LogP contribution in [0.4, 0.5) is 0 Å². The summed E-state index contributed by atoms with van der Waals surface area (Å²) in [5, 5.41) is 15.0. The molecule has 0 aromatic heterocycles. The smallest absolute Gasteiger partial charge is 0.338 e. The minimum absolute atomic E-state index is 0.0283. The van der Waals surface area contributed by atoms with Gasteiger partial charge in [-0.1, -0.05) is 74.2 Å². The van der Waals surface area contributed by atoms with Gasteiger partial charge in [0.25, 0.3) is 0 Å². The Hall–Kier alpha value is -3.35. The average Bonchev–Trinajstić information content (AvgIpc) is 2.83. The molecule has 0 aliphatic heterocycles. The Morgan fingerprint density at radius 2 is 1.54 bits per heavy atom. The number of benzene rings is 4. The van der Waals surface area contributed by atoms with Crippen LogP contribution in [0.2, 0.25) is 25.7 Å². The van der Waals surface area contributed by atoms with Crippen molar-refractivity contribution in [1.82, 2.24) is 0 Å². The molecule has 0 unspecified atom stereocenters. The number of hydrogen-bond acceptors (Lipinski definition) is 5. The molecule has 0 fully saturated rings. The lowest BCUT2D eigenvalue weighted by molar-refractivity contribution is 0.0207. The monoisotopic (exact) mass is 488 g/mol. The second-order valence-corrected chi connectivity index (χ2v) is 15.4. The van der Waals surface area contributed by atoms with E-state index < -0.39 is 14.0 Å². The van der Waals surface area contributed by atoms with Crippen molar-refractivity contribution in [3.8, 4) is 22.6 Å². The number of fused-ring (bicyclic) bond motifs is 2. The first kappa shape index (κ1) is 24.8. The van der Waals surface area contributed by atoms with Crippen LogP contribution in [0.25, 0.3) is 32.7 Å². The van der Waals surface area contributed by atoms with Crippen LogP contribution in [0.5, 0.6) is 11.5 Å². The number of rotatable bonds is 9. The van der Waals surface area contributed by atoms with Gasteiger partial charge < -0.3 is 19.3 Å². The molecule has 0 bridgehead atoms. The van der Waals surface area contributed by atoms with Gasteiger partial charge in [-0.15, -0.1) is 0 Å². The Morgan fingerprint density at radius 3 is 2.23 bits per heavy atom. The van der Waals surface area contributed by atoms with Crippen molar-refractivity contribution in [2.75, 3.05) is 20.0 Å². The molecule has 0 saturated carbocycles. The number of esters is 1. The fourth-order valence-electron chi connectivity index (χ4n) is 4.14. The quantitative estimate of drug-likeness (QED) is 0.116. The Kier molecular flexibility index (Phi) is 7.43. The molecule has 4 aromatic carbocycles. The lowest BCUT2D eigenvalue weighted by Gasteiger charge is -2.19. The van der Waals surface area contributed by atoms with Crippen LogP contribution in [0.3, 0.4) is 0 Å². The predicted octanol–water partition coefficient (Wildman–Crippen LogP) is 7.23. The van der Waals surface area contributed by atoms with Gasteiger partial charge in [-0.25, -0.2) is 4.79 Å². The van der Waals surface area contributed by atoms with Gasteiger partial charge >= 0.3 is 5.97 Å². The van der Waals surface area contributed by atoms with Crippen LogP contribution in [0.15, 0.2) is 66.7 Å². The minimum Gasteiger partial charge on any atom is -0.504 e. The minimum atomic E-state index is -1.21. The van der Waals surface area contributed by atoms with E-state index in [9.17, 15) is 9.90 Å². The zero-order valence-electron chi connectivity index (χ0n) is 20.8. The first-order valence-corrected chi connectivity index (χ1v) is 15.7. The van der Waals surface area contributed by atoms with Gasteiger partial charge in [0.2, 0.25) is 0 Å². The molecule has 5 nitrogen and oxygen atoms in total. The van der Waals surface area contributed by atoms with Crippen LogP contribution >= 0.6 is 0 Å². The molecule has 35 heavy (non-hydrogen) atoms. The molecule has 0 atom stereocenters. The van der Waals surface area contributed by atoms with E-state index in [1.165, 1.54) is 0 Å².